The maximum absolute atomic E-state index is 12.2. The smallest absolute Gasteiger partial charge is 0.318 e. The van der Waals surface area contributed by atoms with Gasteiger partial charge in [0.1, 0.15) is 0 Å². The molecule has 2 amide bonds. The fourth-order valence-corrected chi connectivity index (χ4v) is 2.34. The summed E-state index contributed by atoms with van der Waals surface area (Å²) in [4.78, 5) is 14.0. The number of rotatable bonds is 6. The van der Waals surface area contributed by atoms with E-state index in [0.29, 0.717) is 12.6 Å². The number of aliphatic hydroxyl groups is 1. The summed E-state index contributed by atoms with van der Waals surface area (Å²) in [6.45, 7) is 4.55. The van der Waals surface area contributed by atoms with Crippen molar-refractivity contribution in [3.63, 3.8) is 0 Å². The number of hydrogen-bond acceptors (Lipinski definition) is 2. The summed E-state index contributed by atoms with van der Waals surface area (Å²) in [5.74, 6) is 0. The highest BCUT2D eigenvalue weighted by molar-refractivity contribution is 5.75. The average Bonchev–Trinajstić information content (AvgIpc) is 3.29. The van der Waals surface area contributed by atoms with E-state index in [9.17, 15) is 4.79 Å². The van der Waals surface area contributed by atoms with Crippen LogP contribution in [0.25, 0.3) is 0 Å². The van der Waals surface area contributed by atoms with Crippen LogP contribution in [0.5, 0.6) is 0 Å². The van der Waals surface area contributed by atoms with E-state index in [0.717, 1.165) is 24.8 Å². The van der Waals surface area contributed by atoms with Gasteiger partial charge in [0.05, 0.1) is 12.6 Å². The Morgan fingerprint density at radius 2 is 2.05 bits per heavy atom. The maximum atomic E-state index is 12.2. The molecule has 0 radical (unpaired) electrons. The molecule has 1 fully saturated rings. The number of aliphatic hydroxyl groups excluding tert-OH is 1. The van der Waals surface area contributed by atoms with Gasteiger partial charge in [0.15, 0.2) is 0 Å². The Morgan fingerprint density at radius 3 is 2.55 bits per heavy atom. The number of aryl methyl sites for hydroxylation is 1. The Morgan fingerprint density at radius 1 is 1.40 bits per heavy atom. The summed E-state index contributed by atoms with van der Waals surface area (Å²) >= 11 is 0. The third-order valence-electron chi connectivity index (χ3n) is 3.82. The number of carbonyl (C=O) groups is 1. The van der Waals surface area contributed by atoms with Gasteiger partial charge in [0.2, 0.25) is 0 Å². The van der Waals surface area contributed by atoms with E-state index in [4.69, 9.17) is 5.11 Å². The summed E-state index contributed by atoms with van der Waals surface area (Å²) < 4.78 is 0. The van der Waals surface area contributed by atoms with Gasteiger partial charge in [-0.3, -0.25) is 0 Å². The minimum atomic E-state index is -0.0754. The normalized spacial score (nSPS) is 15.8. The molecule has 1 aliphatic rings. The van der Waals surface area contributed by atoms with E-state index in [1.54, 1.807) is 4.90 Å². The van der Waals surface area contributed by atoms with Crippen LogP contribution in [0.15, 0.2) is 24.3 Å². The van der Waals surface area contributed by atoms with Gasteiger partial charge in [-0.1, -0.05) is 31.2 Å². The molecule has 4 heteroatoms. The fourth-order valence-electron chi connectivity index (χ4n) is 2.34. The third-order valence-corrected chi connectivity index (χ3v) is 3.82. The molecular weight excluding hydrogens is 252 g/mol. The van der Waals surface area contributed by atoms with Gasteiger partial charge in [-0.25, -0.2) is 4.79 Å². The van der Waals surface area contributed by atoms with Crippen molar-refractivity contribution in [2.75, 3.05) is 13.2 Å². The van der Waals surface area contributed by atoms with Crippen LogP contribution in [0.4, 0.5) is 4.79 Å². The molecule has 1 aromatic rings. The second-order valence-electron chi connectivity index (χ2n) is 5.41. The van der Waals surface area contributed by atoms with Crippen LogP contribution in [-0.4, -0.2) is 35.2 Å². The number of hydrogen-bond donors (Lipinski definition) is 2. The Labute approximate surface area is 120 Å². The first kappa shape index (κ1) is 14.9. The van der Waals surface area contributed by atoms with Crippen molar-refractivity contribution >= 4 is 6.03 Å². The van der Waals surface area contributed by atoms with Gasteiger partial charge in [0.25, 0.3) is 0 Å². The summed E-state index contributed by atoms with van der Waals surface area (Å²) in [5.41, 5.74) is 2.41. The molecule has 0 bridgehead atoms. The van der Waals surface area contributed by atoms with Crippen molar-refractivity contribution in [2.24, 2.45) is 0 Å². The molecule has 1 atom stereocenters. The molecule has 1 aromatic carbocycles. The van der Waals surface area contributed by atoms with Crippen molar-refractivity contribution < 1.29 is 9.90 Å². The molecule has 0 saturated heterocycles. The molecule has 0 aromatic heterocycles. The number of nitrogens with one attached hydrogen (secondary N) is 1. The average molecular weight is 276 g/mol. The highest BCUT2D eigenvalue weighted by Gasteiger charge is 2.32. The highest BCUT2D eigenvalue weighted by Crippen LogP contribution is 2.27. The first-order valence-corrected chi connectivity index (χ1v) is 7.42. The number of urea groups is 1. The SMILES string of the molecule is CCc1ccc(C(C)NC(=O)N(CCO)C2CC2)cc1. The number of benzene rings is 1. The van der Waals surface area contributed by atoms with E-state index < -0.39 is 0 Å². The molecule has 0 heterocycles. The molecule has 20 heavy (non-hydrogen) atoms. The van der Waals surface area contributed by atoms with Crippen molar-refractivity contribution in [1.82, 2.24) is 10.2 Å². The van der Waals surface area contributed by atoms with Gasteiger partial charge in [-0.15, -0.1) is 0 Å². The quantitative estimate of drug-likeness (QED) is 0.838. The van der Waals surface area contributed by atoms with E-state index in [1.807, 2.05) is 6.92 Å². The number of carbonyl (C=O) groups excluding carboxylic acids is 1. The molecule has 4 nitrogen and oxygen atoms in total. The molecule has 1 aliphatic carbocycles. The lowest BCUT2D eigenvalue weighted by Gasteiger charge is -2.24. The lowest BCUT2D eigenvalue weighted by Crippen LogP contribution is -2.43. The number of amides is 2. The van der Waals surface area contributed by atoms with E-state index >= 15 is 0 Å². The van der Waals surface area contributed by atoms with Crippen LogP contribution < -0.4 is 5.32 Å². The molecule has 1 saturated carbocycles. The lowest BCUT2D eigenvalue weighted by molar-refractivity contribution is 0.171. The minimum Gasteiger partial charge on any atom is -0.395 e. The van der Waals surface area contributed by atoms with E-state index in [-0.39, 0.29) is 18.7 Å². The van der Waals surface area contributed by atoms with Crippen molar-refractivity contribution in [3.8, 4) is 0 Å². The largest absolute Gasteiger partial charge is 0.395 e. The summed E-state index contributed by atoms with van der Waals surface area (Å²) in [5, 5.41) is 12.1. The van der Waals surface area contributed by atoms with Crippen LogP contribution in [-0.2, 0) is 6.42 Å². The zero-order valence-corrected chi connectivity index (χ0v) is 12.3. The molecule has 2 N–H and O–H groups in total. The van der Waals surface area contributed by atoms with Crippen molar-refractivity contribution in [1.29, 1.82) is 0 Å². The van der Waals surface area contributed by atoms with Gasteiger partial charge in [-0.05, 0) is 37.3 Å². The number of nitrogens with zero attached hydrogens (tertiary/aromatic N) is 1. The van der Waals surface area contributed by atoms with Crippen LogP contribution in [0, 0.1) is 0 Å². The second kappa shape index (κ2) is 6.75. The zero-order chi connectivity index (χ0) is 14.5. The van der Waals surface area contributed by atoms with Crippen molar-refractivity contribution in [3.05, 3.63) is 35.4 Å². The standard InChI is InChI=1S/C16H24N2O2/c1-3-13-4-6-14(7-5-13)12(2)17-16(20)18(10-11-19)15-8-9-15/h4-7,12,15,19H,3,8-11H2,1-2H3,(H,17,20). The van der Waals surface area contributed by atoms with Gasteiger partial charge in [-0.2, -0.15) is 0 Å². The van der Waals surface area contributed by atoms with Crippen LogP contribution in [0.3, 0.4) is 0 Å². The molecular formula is C16H24N2O2. The first-order valence-electron chi connectivity index (χ1n) is 7.42. The molecule has 1 unspecified atom stereocenters. The Kier molecular flexibility index (Phi) is 5.01. The van der Waals surface area contributed by atoms with Gasteiger partial charge in [0, 0.05) is 12.6 Å². The van der Waals surface area contributed by atoms with Crippen molar-refractivity contribution in [2.45, 2.75) is 45.2 Å². The lowest BCUT2D eigenvalue weighted by atomic mass is 10.1. The van der Waals surface area contributed by atoms with E-state index in [1.165, 1.54) is 5.56 Å². The zero-order valence-electron chi connectivity index (χ0n) is 12.3. The highest BCUT2D eigenvalue weighted by atomic mass is 16.3. The summed E-state index contributed by atoms with van der Waals surface area (Å²) in [6.07, 6.45) is 3.12. The molecule has 110 valence electrons. The Hall–Kier alpha value is -1.55. The van der Waals surface area contributed by atoms with Gasteiger partial charge >= 0.3 is 6.03 Å². The fraction of sp³-hybridized carbons (Fsp3) is 0.562. The van der Waals surface area contributed by atoms with Crippen LogP contribution in [0.1, 0.15) is 43.9 Å². The van der Waals surface area contributed by atoms with Crippen LogP contribution in [0.2, 0.25) is 0 Å². The Balaban J connectivity index is 1.94. The Bertz CT molecular complexity index is 440. The summed E-state index contributed by atoms with van der Waals surface area (Å²) in [7, 11) is 0. The van der Waals surface area contributed by atoms with E-state index in [2.05, 4.69) is 36.5 Å². The summed E-state index contributed by atoms with van der Waals surface area (Å²) in [6, 6.07) is 8.56. The predicted molar refractivity (Wildman–Crippen MR) is 79.6 cm³/mol. The monoisotopic (exact) mass is 276 g/mol. The third kappa shape index (κ3) is 3.73. The molecule has 0 spiro atoms. The second-order valence-corrected chi connectivity index (χ2v) is 5.41. The molecule has 0 aliphatic heterocycles. The predicted octanol–water partition coefficient (Wildman–Crippen LogP) is 2.48. The maximum Gasteiger partial charge on any atom is 0.318 e. The first-order chi connectivity index (χ1) is 9.65. The van der Waals surface area contributed by atoms with Gasteiger partial charge < -0.3 is 15.3 Å². The van der Waals surface area contributed by atoms with Crippen LogP contribution >= 0.6 is 0 Å². The minimum absolute atomic E-state index is 0.0174. The molecule has 2 rings (SSSR count). The topological polar surface area (TPSA) is 52.6 Å².